The third kappa shape index (κ3) is 4.44. The molecule has 1 aromatic carbocycles. The Kier molecular flexibility index (Phi) is 5.89. The van der Waals surface area contributed by atoms with Crippen LogP contribution in [0, 0.1) is 11.8 Å². The summed E-state index contributed by atoms with van der Waals surface area (Å²) in [4.78, 5) is 0. The lowest BCUT2D eigenvalue weighted by molar-refractivity contribution is 0.289. The molecule has 112 valence electrons. The molecule has 2 rings (SSSR count). The van der Waals surface area contributed by atoms with Crippen LogP contribution in [0.5, 0.6) is 0 Å². The standard InChI is InChI=1S/C16H22Cl3N/c1-10(2)6-11-4-3-5-12(7-11)20-16-9-14(18)13(17)8-15(16)19/h8-12,20H,3-7H2,1-2H3. The zero-order chi connectivity index (χ0) is 14.7. The average Bonchev–Trinajstić information content (AvgIpc) is 2.35. The molecule has 1 aromatic rings. The lowest BCUT2D eigenvalue weighted by atomic mass is 9.81. The van der Waals surface area contributed by atoms with Crippen molar-refractivity contribution in [3.05, 3.63) is 27.2 Å². The fourth-order valence-corrected chi connectivity index (χ4v) is 3.76. The fourth-order valence-electron chi connectivity index (χ4n) is 3.16. The summed E-state index contributed by atoms with van der Waals surface area (Å²) in [5.74, 6) is 1.59. The van der Waals surface area contributed by atoms with Crippen LogP contribution in [0.4, 0.5) is 5.69 Å². The van der Waals surface area contributed by atoms with E-state index in [1.165, 1.54) is 32.1 Å². The minimum atomic E-state index is 0.488. The maximum Gasteiger partial charge on any atom is 0.0653 e. The lowest BCUT2D eigenvalue weighted by Crippen LogP contribution is -2.28. The number of rotatable bonds is 4. The van der Waals surface area contributed by atoms with Crippen LogP contribution in [0.1, 0.15) is 46.0 Å². The van der Waals surface area contributed by atoms with Crippen molar-refractivity contribution in [2.75, 3.05) is 5.32 Å². The van der Waals surface area contributed by atoms with Gasteiger partial charge in [-0.25, -0.2) is 0 Å². The highest BCUT2D eigenvalue weighted by molar-refractivity contribution is 6.44. The highest BCUT2D eigenvalue weighted by Gasteiger charge is 2.23. The molecular weight excluding hydrogens is 313 g/mol. The van der Waals surface area contributed by atoms with Gasteiger partial charge >= 0.3 is 0 Å². The Balaban J connectivity index is 2.01. The third-order valence-electron chi connectivity index (χ3n) is 3.96. The van der Waals surface area contributed by atoms with E-state index in [0.717, 1.165) is 17.5 Å². The molecule has 0 saturated heterocycles. The van der Waals surface area contributed by atoms with E-state index in [9.17, 15) is 0 Å². The summed E-state index contributed by atoms with van der Waals surface area (Å²) in [7, 11) is 0. The van der Waals surface area contributed by atoms with Gasteiger partial charge in [0.2, 0.25) is 0 Å². The molecule has 1 nitrogen and oxygen atoms in total. The minimum Gasteiger partial charge on any atom is -0.381 e. The van der Waals surface area contributed by atoms with Crippen molar-refractivity contribution < 1.29 is 0 Å². The molecule has 1 N–H and O–H groups in total. The first-order valence-electron chi connectivity index (χ1n) is 7.36. The van der Waals surface area contributed by atoms with Crippen molar-refractivity contribution in [3.8, 4) is 0 Å². The molecular formula is C16H22Cl3N. The SMILES string of the molecule is CC(C)CC1CCCC(Nc2cc(Cl)c(Cl)cc2Cl)C1. The minimum absolute atomic E-state index is 0.488. The zero-order valence-electron chi connectivity index (χ0n) is 12.1. The van der Waals surface area contributed by atoms with E-state index >= 15 is 0 Å². The number of benzene rings is 1. The van der Waals surface area contributed by atoms with Crippen LogP contribution in [0.3, 0.4) is 0 Å². The molecule has 0 bridgehead atoms. The number of hydrogen-bond acceptors (Lipinski definition) is 1. The number of hydrogen-bond donors (Lipinski definition) is 1. The van der Waals surface area contributed by atoms with Gasteiger partial charge in [-0.3, -0.25) is 0 Å². The van der Waals surface area contributed by atoms with Gasteiger partial charge in [0, 0.05) is 6.04 Å². The molecule has 0 aromatic heterocycles. The van der Waals surface area contributed by atoms with Crippen LogP contribution < -0.4 is 5.32 Å². The van der Waals surface area contributed by atoms with Gasteiger partial charge in [0.15, 0.2) is 0 Å². The first-order valence-corrected chi connectivity index (χ1v) is 8.50. The Morgan fingerprint density at radius 3 is 2.50 bits per heavy atom. The summed E-state index contributed by atoms with van der Waals surface area (Å²) in [5.41, 5.74) is 0.899. The highest BCUT2D eigenvalue weighted by atomic mass is 35.5. The van der Waals surface area contributed by atoms with Gasteiger partial charge in [0.25, 0.3) is 0 Å². The molecule has 0 aliphatic heterocycles. The first-order chi connectivity index (χ1) is 9.45. The Hall–Kier alpha value is -0.110. The van der Waals surface area contributed by atoms with Gasteiger partial charge in [-0.15, -0.1) is 0 Å². The average molecular weight is 335 g/mol. The molecule has 20 heavy (non-hydrogen) atoms. The molecule has 2 atom stereocenters. The van der Waals surface area contributed by atoms with Crippen LogP contribution in [0.25, 0.3) is 0 Å². The monoisotopic (exact) mass is 333 g/mol. The highest BCUT2D eigenvalue weighted by Crippen LogP contribution is 2.35. The van der Waals surface area contributed by atoms with Gasteiger partial charge in [-0.2, -0.15) is 0 Å². The normalized spacial score (nSPS) is 23.1. The van der Waals surface area contributed by atoms with Crippen LogP contribution >= 0.6 is 34.8 Å². The molecule has 0 heterocycles. The topological polar surface area (TPSA) is 12.0 Å². The third-order valence-corrected chi connectivity index (χ3v) is 4.99. The summed E-state index contributed by atoms with van der Waals surface area (Å²) >= 11 is 18.3. The molecule has 1 saturated carbocycles. The first kappa shape index (κ1) is 16.3. The van der Waals surface area contributed by atoms with Crippen molar-refractivity contribution >= 4 is 40.5 Å². The summed E-state index contributed by atoms with van der Waals surface area (Å²) in [6, 6.07) is 4.03. The van der Waals surface area contributed by atoms with Gasteiger partial charge in [-0.05, 0) is 43.2 Å². The molecule has 0 amide bonds. The van der Waals surface area contributed by atoms with Crippen molar-refractivity contribution in [3.63, 3.8) is 0 Å². The fraction of sp³-hybridized carbons (Fsp3) is 0.625. The second-order valence-corrected chi connectivity index (χ2v) is 7.47. The van der Waals surface area contributed by atoms with Crippen LogP contribution in [0.15, 0.2) is 12.1 Å². The second-order valence-electron chi connectivity index (χ2n) is 6.25. The Morgan fingerprint density at radius 2 is 1.80 bits per heavy atom. The molecule has 1 fully saturated rings. The summed E-state index contributed by atoms with van der Waals surface area (Å²) in [6.45, 7) is 4.60. The second kappa shape index (κ2) is 7.24. The van der Waals surface area contributed by atoms with E-state index in [0.29, 0.717) is 21.1 Å². The molecule has 0 spiro atoms. The quantitative estimate of drug-likeness (QED) is 0.607. The van der Waals surface area contributed by atoms with Gasteiger partial charge < -0.3 is 5.32 Å². The van der Waals surface area contributed by atoms with Gasteiger partial charge in [0.1, 0.15) is 0 Å². The van der Waals surface area contributed by atoms with Crippen LogP contribution in [-0.2, 0) is 0 Å². The number of anilines is 1. The lowest BCUT2D eigenvalue weighted by Gasteiger charge is -2.31. The number of halogens is 3. The predicted molar refractivity (Wildman–Crippen MR) is 90.3 cm³/mol. The van der Waals surface area contributed by atoms with Crippen LogP contribution in [-0.4, -0.2) is 6.04 Å². The summed E-state index contributed by atoms with van der Waals surface area (Å²) in [6.07, 6.45) is 6.37. The maximum absolute atomic E-state index is 6.24. The molecule has 1 aliphatic rings. The molecule has 4 heteroatoms. The zero-order valence-corrected chi connectivity index (χ0v) is 14.3. The smallest absolute Gasteiger partial charge is 0.0653 e. The van der Waals surface area contributed by atoms with Crippen molar-refractivity contribution in [2.24, 2.45) is 11.8 Å². The Labute approximate surface area is 137 Å². The Morgan fingerprint density at radius 1 is 1.10 bits per heavy atom. The predicted octanol–water partition coefficient (Wildman–Crippen LogP) is 6.66. The van der Waals surface area contributed by atoms with Crippen molar-refractivity contribution in [2.45, 2.75) is 52.0 Å². The molecule has 0 radical (unpaired) electrons. The largest absolute Gasteiger partial charge is 0.381 e. The van der Waals surface area contributed by atoms with E-state index in [-0.39, 0.29) is 0 Å². The van der Waals surface area contributed by atoms with Crippen molar-refractivity contribution in [1.82, 2.24) is 0 Å². The maximum atomic E-state index is 6.24. The van der Waals surface area contributed by atoms with Gasteiger partial charge in [-0.1, -0.05) is 61.5 Å². The van der Waals surface area contributed by atoms with E-state index in [1.807, 2.05) is 6.07 Å². The van der Waals surface area contributed by atoms with E-state index < -0.39 is 0 Å². The Bertz CT molecular complexity index is 459. The molecule has 1 aliphatic carbocycles. The summed E-state index contributed by atoms with van der Waals surface area (Å²) in [5, 5.41) is 5.24. The van der Waals surface area contributed by atoms with Crippen molar-refractivity contribution in [1.29, 1.82) is 0 Å². The van der Waals surface area contributed by atoms with Crippen LogP contribution in [0.2, 0.25) is 15.1 Å². The van der Waals surface area contributed by atoms with E-state index in [2.05, 4.69) is 19.2 Å². The molecule has 2 unspecified atom stereocenters. The summed E-state index contributed by atoms with van der Waals surface area (Å²) < 4.78 is 0. The van der Waals surface area contributed by atoms with Gasteiger partial charge in [0.05, 0.1) is 20.8 Å². The number of nitrogens with one attached hydrogen (secondary N) is 1. The van der Waals surface area contributed by atoms with E-state index in [1.54, 1.807) is 6.07 Å². The van der Waals surface area contributed by atoms with E-state index in [4.69, 9.17) is 34.8 Å².